The summed E-state index contributed by atoms with van der Waals surface area (Å²) in [6, 6.07) is 3.88. The third-order valence-electron chi connectivity index (χ3n) is 7.38. The predicted molar refractivity (Wildman–Crippen MR) is 138 cm³/mol. The first kappa shape index (κ1) is 28.4. The van der Waals surface area contributed by atoms with Crippen LogP contribution < -0.4 is 20.7 Å². The van der Waals surface area contributed by atoms with Gasteiger partial charge in [-0.1, -0.05) is 32.4 Å². The van der Waals surface area contributed by atoms with E-state index in [9.17, 15) is 24.3 Å². The largest absolute Gasteiger partial charge is 0.497 e. The van der Waals surface area contributed by atoms with Gasteiger partial charge < -0.3 is 30.7 Å². The molecule has 0 unspecified atom stereocenters. The van der Waals surface area contributed by atoms with Gasteiger partial charge in [0.15, 0.2) is 0 Å². The van der Waals surface area contributed by atoms with E-state index in [-0.39, 0.29) is 30.8 Å². The van der Waals surface area contributed by atoms with Crippen molar-refractivity contribution in [2.75, 3.05) is 20.3 Å². The van der Waals surface area contributed by atoms with E-state index in [1.54, 1.807) is 24.1 Å². The minimum absolute atomic E-state index is 0.0211. The summed E-state index contributed by atoms with van der Waals surface area (Å²) >= 11 is 0. The number of rotatable bonds is 9. The molecule has 0 saturated carbocycles. The minimum Gasteiger partial charge on any atom is -0.497 e. The molecule has 2 aliphatic heterocycles. The van der Waals surface area contributed by atoms with Crippen LogP contribution in [0.3, 0.4) is 0 Å². The molecule has 204 valence electrons. The fourth-order valence-corrected chi connectivity index (χ4v) is 4.89. The molecule has 0 bridgehead atoms. The summed E-state index contributed by atoms with van der Waals surface area (Å²) in [4.78, 5) is 55.4. The molecule has 10 nitrogen and oxygen atoms in total. The zero-order valence-corrected chi connectivity index (χ0v) is 22.0. The number of amides is 4. The van der Waals surface area contributed by atoms with E-state index in [0.717, 1.165) is 5.56 Å². The third kappa shape index (κ3) is 7.21. The molecule has 10 heteroatoms. The van der Waals surface area contributed by atoms with Gasteiger partial charge in [-0.2, -0.15) is 0 Å². The summed E-state index contributed by atoms with van der Waals surface area (Å²) in [5, 5.41) is 17.8. The smallest absolute Gasteiger partial charge is 0.246 e. The van der Waals surface area contributed by atoms with E-state index in [1.807, 2.05) is 26.0 Å². The highest BCUT2D eigenvalue weighted by Gasteiger charge is 2.41. The molecule has 1 aromatic carbocycles. The second-order valence-electron chi connectivity index (χ2n) is 9.96. The highest BCUT2D eigenvalue weighted by molar-refractivity contribution is 5.98. The molecule has 2 aliphatic rings. The monoisotopic (exact) mass is 516 g/mol. The molecule has 4 amide bonds. The van der Waals surface area contributed by atoms with Gasteiger partial charge in [0.25, 0.3) is 0 Å². The number of hydrogen-bond acceptors (Lipinski definition) is 6. The molecule has 2 fully saturated rings. The van der Waals surface area contributed by atoms with Crippen LogP contribution in [0.2, 0.25) is 0 Å². The van der Waals surface area contributed by atoms with Gasteiger partial charge in [-0.15, -0.1) is 0 Å². The van der Waals surface area contributed by atoms with Crippen LogP contribution in [0, 0.1) is 5.92 Å². The Morgan fingerprint density at radius 1 is 1.00 bits per heavy atom. The SMILES string of the molecule is CC[C@H](C)[C@@H]1NC(=O)[C@@H](Cc2ccc(OC)cc2)NC(=O)[C@H](CCCCO)NC(=O)[C@H]2CCCN2C1=O. The predicted octanol–water partition coefficient (Wildman–Crippen LogP) is 0.905. The molecule has 2 heterocycles. The number of nitrogens with zero attached hydrogens (tertiary/aromatic N) is 1. The summed E-state index contributed by atoms with van der Waals surface area (Å²) in [6.45, 7) is 4.25. The quantitative estimate of drug-likeness (QED) is 0.360. The molecule has 1 aromatic rings. The van der Waals surface area contributed by atoms with Gasteiger partial charge in [-0.25, -0.2) is 0 Å². The van der Waals surface area contributed by atoms with Gasteiger partial charge in [0.05, 0.1) is 7.11 Å². The first-order valence-electron chi connectivity index (χ1n) is 13.2. The Morgan fingerprint density at radius 2 is 1.68 bits per heavy atom. The van der Waals surface area contributed by atoms with Gasteiger partial charge in [0, 0.05) is 19.6 Å². The standard InChI is InChI=1S/C27H40N4O6/c1-4-17(2)23-27(36)31-14-7-9-22(31)26(35)28-20(8-5-6-15-32)24(33)29-21(25(34)30-23)16-18-10-12-19(37-3)13-11-18/h10-13,17,20-23,32H,4-9,14-16H2,1-3H3,(H,28,35)(H,29,33)(H,30,34)/t17-,20-,21+,22+,23-/m0/s1. The number of nitrogens with one attached hydrogen (secondary N) is 3. The number of unbranched alkanes of at least 4 members (excludes halogenated alkanes) is 1. The van der Waals surface area contributed by atoms with Crippen LogP contribution in [-0.2, 0) is 25.6 Å². The van der Waals surface area contributed by atoms with Crippen molar-refractivity contribution in [3.63, 3.8) is 0 Å². The molecular formula is C27H40N4O6. The molecule has 37 heavy (non-hydrogen) atoms. The summed E-state index contributed by atoms with van der Waals surface area (Å²) in [7, 11) is 1.57. The Kier molecular flexibility index (Phi) is 10.3. The summed E-state index contributed by atoms with van der Waals surface area (Å²) < 4.78 is 5.21. The average Bonchev–Trinajstić information content (AvgIpc) is 3.40. The molecule has 0 spiro atoms. The van der Waals surface area contributed by atoms with E-state index in [1.165, 1.54) is 0 Å². The van der Waals surface area contributed by atoms with E-state index in [4.69, 9.17) is 4.74 Å². The highest BCUT2D eigenvalue weighted by atomic mass is 16.5. The highest BCUT2D eigenvalue weighted by Crippen LogP contribution is 2.23. The maximum Gasteiger partial charge on any atom is 0.246 e. The van der Waals surface area contributed by atoms with Crippen LogP contribution in [-0.4, -0.2) is 78.1 Å². The van der Waals surface area contributed by atoms with Crippen molar-refractivity contribution in [3.05, 3.63) is 29.8 Å². The second-order valence-corrected chi connectivity index (χ2v) is 9.96. The molecule has 4 N–H and O–H groups in total. The summed E-state index contributed by atoms with van der Waals surface area (Å²) in [6.07, 6.45) is 3.35. The Balaban J connectivity index is 1.95. The number of carbonyl (C=O) groups excluding carboxylic acids is 4. The van der Waals surface area contributed by atoms with Crippen molar-refractivity contribution in [2.24, 2.45) is 5.92 Å². The Labute approximate surface area is 218 Å². The minimum atomic E-state index is -0.953. The van der Waals surface area contributed by atoms with Crippen molar-refractivity contribution >= 4 is 23.6 Å². The summed E-state index contributed by atoms with van der Waals surface area (Å²) in [5.41, 5.74) is 0.806. The third-order valence-corrected chi connectivity index (χ3v) is 7.38. The van der Waals surface area contributed by atoms with Crippen molar-refractivity contribution < 1.29 is 29.0 Å². The molecular weight excluding hydrogens is 476 g/mol. The van der Waals surface area contributed by atoms with E-state index in [0.29, 0.717) is 50.8 Å². The Hall–Kier alpha value is -3.14. The second kappa shape index (κ2) is 13.4. The summed E-state index contributed by atoms with van der Waals surface area (Å²) in [5.74, 6) is -1.03. The molecule has 0 radical (unpaired) electrons. The first-order valence-corrected chi connectivity index (χ1v) is 13.2. The van der Waals surface area contributed by atoms with E-state index in [2.05, 4.69) is 16.0 Å². The number of hydrogen-bond donors (Lipinski definition) is 4. The number of aliphatic hydroxyl groups is 1. The lowest BCUT2D eigenvalue weighted by Gasteiger charge is -2.34. The van der Waals surface area contributed by atoms with Crippen molar-refractivity contribution in [3.8, 4) is 5.75 Å². The number of methoxy groups -OCH3 is 1. The maximum absolute atomic E-state index is 13.6. The molecule has 3 rings (SSSR count). The van der Waals surface area contributed by atoms with E-state index >= 15 is 0 Å². The Morgan fingerprint density at radius 3 is 2.32 bits per heavy atom. The fourth-order valence-electron chi connectivity index (χ4n) is 4.89. The van der Waals surface area contributed by atoms with Gasteiger partial charge in [0.1, 0.15) is 29.9 Å². The zero-order valence-electron chi connectivity index (χ0n) is 22.0. The van der Waals surface area contributed by atoms with Gasteiger partial charge in [0.2, 0.25) is 23.6 Å². The van der Waals surface area contributed by atoms with Crippen LogP contribution in [0.1, 0.15) is 57.9 Å². The Bertz CT molecular complexity index is 953. The zero-order chi connectivity index (χ0) is 26.9. The van der Waals surface area contributed by atoms with Crippen molar-refractivity contribution in [1.82, 2.24) is 20.9 Å². The van der Waals surface area contributed by atoms with Gasteiger partial charge in [-0.3, -0.25) is 19.2 Å². The normalized spacial score (nSPS) is 25.8. The number of benzene rings is 1. The molecule has 5 atom stereocenters. The van der Waals surface area contributed by atoms with Gasteiger partial charge in [-0.05, 0) is 55.7 Å². The number of carbonyl (C=O) groups is 4. The molecule has 0 aromatic heterocycles. The average molecular weight is 517 g/mol. The topological polar surface area (TPSA) is 137 Å². The molecule has 2 saturated heterocycles. The van der Waals surface area contributed by atoms with Crippen LogP contribution in [0.15, 0.2) is 24.3 Å². The van der Waals surface area contributed by atoms with Crippen LogP contribution in [0.4, 0.5) is 0 Å². The van der Waals surface area contributed by atoms with Crippen molar-refractivity contribution in [1.29, 1.82) is 0 Å². The first-order chi connectivity index (χ1) is 17.8. The fraction of sp³-hybridized carbons (Fsp3) is 0.630. The lowest BCUT2D eigenvalue weighted by atomic mass is 9.95. The lowest BCUT2D eigenvalue weighted by Crippen LogP contribution is -2.62. The van der Waals surface area contributed by atoms with Crippen LogP contribution in [0.25, 0.3) is 0 Å². The maximum atomic E-state index is 13.6. The van der Waals surface area contributed by atoms with Crippen LogP contribution >= 0.6 is 0 Å². The van der Waals surface area contributed by atoms with E-state index < -0.39 is 36.0 Å². The van der Waals surface area contributed by atoms with Gasteiger partial charge >= 0.3 is 0 Å². The number of ether oxygens (including phenoxy) is 1. The number of fused-ring (bicyclic) bond motifs is 1. The molecule has 0 aliphatic carbocycles. The van der Waals surface area contributed by atoms with Crippen LogP contribution in [0.5, 0.6) is 5.75 Å². The lowest BCUT2D eigenvalue weighted by molar-refractivity contribution is -0.144. The van der Waals surface area contributed by atoms with Crippen molar-refractivity contribution in [2.45, 2.75) is 83.0 Å². The number of aliphatic hydroxyl groups excluding tert-OH is 1.